The van der Waals surface area contributed by atoms with Gasteiger partial charge in [-0.3, -0.25) is 4.79 Å². The van der Waals surface area contributed by atoms with E-state index in [1.54, 1.807) is 33.5 Å². The minimum absolute atomic E-state index is 0.210. The Hall–Kier alpha value is -2.69. The number of rotatable bonds is 7. The molecule has 1 N–H and O–H groups in total. The van der Waals surface area contributed by atoms with Crippen LogP contribution in [0.25, 0.3) is 0 Å². The quantitative estimate of drug-likeness (QED) is 0.604. The van der Waals surface area contributed by atoms with Crippen molar-refractivity contribution in [2.45, 2.75) is 44.9 Å². The summed E-state index contributed by atoms with van der Waals surface area (Å²) >= 11 is 0. The van der Waals surface area contributed by atoms with Gasteiger partial charge < -0.3 is 19.5 Å². The highest BCUT2D eigenvalue weighted by Crippen LogP contribution is 2.61. The third-order valence-electron chi connectivity index (χ3n) is 7.88. The summed E-state index contributed by atoms with van der Waals surface area (Å²) in [6, 6.07) is 11.7. The summed E-state index contributed by atoms with van der Waals surface area (Å²) < 4.78 is 16.1. The molecule has 4 fully saturated rings. The summed E-state index contributed by atoms with van der Waals surface area (Å²) in [5.74, 6) is 4.10. The van der Waals surface area contributed by atoms with Crippen LogP contribution in [0.2, 0.25) is 0 Å². The maximum Gasteiger partial charge on any atom is 0.255 e. The first kappa shape index (κ1) is 21.2. The highest BCUT2D eigenvalue weighted by Gasteiger charge is 2.50. The highest BCUT2D eigenvalue weighted by molar-refractivity contribution is 6.05. The van der Waals surface area contributed by atoms with Crippen molar-refractivity contribution >= 4 is 11.6 Å². The van der Waals surface area contributed by atoms with Crippen LogP contribution in [0.4, 0.5) is 5.69 Å². The van der Waals surface area contributed by atoms with E-state index in [9.17, 15) is 4.79 Å². The third-order valence-corrected chi connectivity index (χ3v) is 7.88. The molecule has 0 atom stereocenters. The Morgan fingerprint density at radius 1 is 0.875 bits per heavy atom. The first-order valence-corrected chi connectivity index (χ1v) is 11.7. The zero-order valence-corrected chi connectivity index (χ0v) is 19.3. The molecule has 5 nitrogen and oxygen atoms in total. The van der Waals surface area contributed by atoms with Gasteiger partial charge in [0, 0.05) is 11.3 Å². The summed E-state index contributed by atoms with van der Waals surface area (Å²) in [6.45, 7) is 0. The second-order valence-corrected chi connectivity index (χ2v) is 10.2. The number of ether oxygens (including phenoxy) is 3. The number of hydrogen-bond acceptors (Lipinski definition) is 4. The van der Waals surface area contributed by atoms with Crippen LogP contribution in [0, 0.1) is 23.2 Å². The normalized spacial score (nSPS) is 27.8. The molecule has 0 aliphatic heterocycles. The monoisotopic (exact) mass is 435 g/mol. The second-order valence-electron chi connectivity index (χ2n) is 10.2. The molecule has 5 heteroatoms. The Morgan fingerprint density at radius 3 is 1.88 bits per heavy atom. The van der Waals surface area contributed by atoms with Gasteiger partial charge in [-0.2, -0.15) is 0 Å². The van der Waals surface area contributed by atoms with Gasteiger partial charge in [0.2, 0.25) is 5.75 Å². The summed E-state index contributed by atoms with van der Waals surface area (Å²) in [7, 11) is 4.63. The maximum atomic E-state index is 12.9. The molecule has 0 unspecified atom stereocenters. The minimum atomic E-state index is -0.210. The first-order chi connectivity index (χ1) is 15.5. The van der Waals surface area contributed by atoms with Gasteiger partial charge in [0.15, 0.2) is 11.5 Å². The number of nitrogens with one attached hydrogen (secondary N) is 1. The molecule has 4 saturated carbocycles. The van der Waals surface area contributed by atoms with E-state index in [0.717, 1.165) is 23.4 Å². The molecule has 0 aromatic heterocycles. The third kappa shape index (κ3) is 3.94. The van der Waals surface area contributed by atoms with Gasteiger partial charge in [-0.15, -0.1) is 0 Å². The molecule has 0 saturated heterocycles. The molecule has 0 heterocycles. The number of benzene rings is 2. The Morgan fingerprint density at radius 2 is 1.41 bits per heavy atom. The predicted octanol–water partition coefficient (Wildman–Crippen LogP) is 5.72. The molecular weight excluding hydrogens is 402 g/mol. The number of hydrogen-bond donors (Lipinski definition) is 1. The summed E-state index contributed by atoms with van der Waals surface area (Å²) in [6.07, 6.45) is 9.86. The Kier molecular flexibility index (Phi) is 5.52. The van der Waals surface area contributed by atoms with Crippen LogP contribution in [0.3, 0.4) is 0 Å². The largest absolute Gasteiger partial charge is 0.493 e. The van der Waals surface area contributed by atoms with E-state index in [2.05, 4.69) is 17.4 Å². The van der Waals surface area contributed by atoms with Crippen molar-refractivity contribution in [3.05, 3.63) is 47.5 Å². The van der Waals surface area contributed by atoms with Crippen LogP contribution >= 0.6 is 0 Å². The SMILES string of the molecule is COc1cc(C(=O)Nc2ccc(CC34CC5CC(CC(C5)C3)C4)cc2)cc(OC)c1OC. The van der Waals surface area contributed by atoms with E-state index >= 15 is 0 Å². The van der Waals surface area contributed by atoms with Gasteiger partial charge in [0.1, 0.15) is 0 Å². The smallest absolute Gasteiger partial charge is 0.255 e. The molecule has 6 rings (SSSR count). The minimum Gasteiger partial charge on any atom is -0.493 e. The molecule has 170 valence electrons. The van der Waals surface area contributed by atoms with Crippen LogP contribution in [0.5, 0.6) is 17.2 Å². The van der Waals surface area contributed by atoms with Crippen molar-refractivity contribution in [3.63, 3.8) is 0 Å². The second kappa shape index (κ2) is 8.34. The Bertz CT molecular complexity index is 937. The number of anilines is 1. The molecule has 2 aromatic rings. The lowest BCUT2D eigenvalue weighted by molar-refractivity contribution is -0.0521. The van der Waals surface area contributed by atoms with Crippen LogP contribution < -0.4 is 19.5 Å². The van der Waals surface area contributed by atoms with Crippen molar-refractivity contribution in [3.8, 4) is 17.2 Å². The van der Waals surface area contributed by atoms with E-state index in [-0.39, 0.29) is 5.91 Å². The van der Waals surface area contributed by atoms with Gasteiger partial charge in [-0.1, -0.05) is 12.1 Å². The lowest BCUT2D eigenvalue weighted by atomic mass is 9.48. The van der Waals surface area contributed by atoms with E-state index in [1.165, 1.54) is 50.5 Å². The van der Waals surface area contributed by atoms with Crippen LogP contribution in [-0.4, -0.2) is 27.2 Å². The van der Waals surface area contributed by atoms with Crippen LogP contribution in [-0.2, 0) is 6.42 Å². The van der Waals surface area contributed by atoms with E-state index < -0.39 is 0 Å². The van der Waals surface area contributed by atoms with Gasteiger partial charge >= 0.3 is 0 Å². The molecule has 4 aliphatic rings. The van der Waals surface area contributed by atoms with Gasteiger partial charge in [-0.25, -0.2) is 0 Å². The molecule has 1 amide bonds. The first-order valence-electron chi connectivity index (χ1n) is 11.7. The highest BCUT2D eigenvalue weighted by atomic mass is 16.5. The fourth-order valence-corrected chi connectivity index (χ4v) is 7.06. The van der Waals surface area contributed by atoms with E-state index in [1.807, 2.05) is 12.1 Å². The molecule has 4 aliphatic carbocycles. The van der Waals surface area contributed by atoms with Crippen molar-refractivity contribution in [1.29, 1.82) is 0 Å². The number of carbonyl (C=O) groups is 1. The topological polar surface area (TPSA) is 56.8 Å². The summed E-state index contributed by atoms with van der Waals surface area (Å²) in [5.41, 5.74) is 3.16. The fourth-order valence-electron chi connectivity index (χ4n) is 7.06. The molecule has 32 heavy (non-hydrogen) atoms. The molecular formula is C27H33NO4. The predicted molar refractivity (Wildman–Crippen MR) is 125 cm³/mol. The number of amides is 1. The van der Waals surface area contributed by atoms with Gasteiger partial charge in [0.25, 0.3) is 5.91 Å². The molecule has 0 radical (unpaired) electrons. The van der Waals surface area contributed by atoms with Crippen LogP contribution in [0.1, 0.15) is 54.4 Å². The lowest BCUT2D eigenvalue weighted by Crippen LogP contribution is -2.47. The average Bonchev–Trinajstić information content (AvgIpc) is 2.78. The standard InChI is InChI=1S/C27H33NO4/c1-30-23-11-21(12-24(31-2)25(23)32-3)26(29)28-22-6-4-17(5-7-22)13-27-14-18-8-19(15-27)10-20(9-18)16-27/h4-7,11-12,18-20H,8-10,13-16H2,1-3H3,(H,28,29). The maximum absolute atomic E-state index is 12.9. The molecule has 2 aromatic carbocycles. The van der Waals surface area contributed by atoms with E-state index in [0.29, 0.717) is 28.2 Å². The Labute approximate surface area is 190 Å². The Balaban J connectivity index is 1.28. The zero-order valence-electron chi connectivity index (χ0n) is 19.3. The van der Waals surface area contributed by atoms with Crippen molar-refractivity contribution in [2.75, 3.05) is 26.6 Å². The summed E-state index contributed by atoms with van der Waals surface area (Å²) in [5, 5.41) is 2.99. The van der Waals surface area contributed by atoms with Crippen molar-refractivity contribution in [2.24, 2.45) is 23.2 Å². The van der Waals surface area contributed by atoms with Gasteiger partial charge in [-0.05, 0) is 97.9 Å². The summed E-state index contributed by atoms with van der Waals surface area (Å²) in [4.78, 5) is 12.9. The number of carbonyl (C=O) groups excluding carboxylic acids is 1. The zero-order chi connectivity index (χ0) is 22.3. The molecule has 0 spiro atoms. The fraction of sp³-hybridized carbons (Fsp3) is 0.519. The van der Waals surface area contributed by atoms with Crippen molar-refractivity contribution < 1.29 is 19.0 Å². The average molecular weight is 436 g/mol. The molecule has 4 bridgehead atoms. The van der Waals surface area contributed by atoms with Crippen molar-refractivity contribution in [1.82, 2.24) is 0 Å². The lowest BCUT2D eigenvalue weighted by Gasteiger charge is -2.57. The van der Waals surface area contributed by atoms with E-state index in [4.69, 9.17) is 14.2 Å². The van der Waals surface area contributed by atoms with Gasteiger partial charge in [0.05, 0.1) is 21.3 Å². The number of methoxy groups -OCH3 is 3. The van der Waals surface area contributed by atoms with Crippen LogP contribution in [0.15, 0.2) is 36.4 Å².